The molecule has 1 heterocycles. The first-order chi connectivity index (χ1) is 8.78. The molecule has 0 radical (unpaired) electrons. The highest BCUT2D eigenvalue weighted by molar-refractivity contribution is 14.1. The van der Waals surface area contributed by atoms with E-state index in [0.29, 0.717) is 0 Å². The van der Waals surface area contributed by atoms with Gasteiger partial charge < -0.3 is 10.6 Å². The highest BCUT2D eigenvalue weighted by Crippen LogP contribution is 2.28. The maximum atomic E-state index is 4.61. The lowest BCUT2D eigenvalue weighted by molar-refractivity contribution is 0.779. The van der Waals surface area contributed by atoms with Crippen LogP contribution in [0.15, 0.2) is 17.1 Å². The average molecular weight is 505 g/mol. The van der Waals surface area contributed by atoms with Gasteiger partial charge in [0.05, 0.1) is 2.88 Å². The quantitative estimate of drug-likeness (QED) is 0.353. The topological polar surface area (TPSA) is 36.4 Å². The summed E-state index contributed by atoms with van der Waals surface area (Å²) in [6.45, 7) is 4.96. The van der Waals surface area contributed by atoms with Gasteiger partial charge in [-0.15, -0.1) is 35.3 Å². The zero-order valence-electron chi connectivity index (χ0n) is 11.1. The Kier molecular flexibility index (Phi) is 8.63. The average Bonchev–Trinajstić information content (AvgIpc) is 3.09. The second-order valence-corrected chi connectivity index (χ2v) is 7.61. The third-order valence-electron chi connectivity index (χ3n) is 2.84. The lowest BCUT2D eigenvalue weighted by atomic mass is 10.3. The van der Waals surface area contributed by atoms with Crippen LogP contribution in [0.25, 0.3) is 0 Å². The predicted molar refractivity (Wildman–Crippen MR) is 103 cm³/mol. The second-order valence-electron chi connectivity index (χ2n) is 4.55. The van der Waals surface area contributed by atoms with Crippen molar-refractivity contribution in [3.8, 4) is 0 Å². The molecule has 2 rings (SSSR count). The smallest absolute Gasteiger partial charge is 0.191 e. The number of hydrogen-bond acceptors (Lipinski definition) is 2. The molecule has 1 fully saturated rings. The summed E-state index contributed by atoms with van der Waals surface area (Å²) in [6.07, 6.45) is 3.79. The van der Waals surface area contributed by atoms with Gasteiger partial charge in [0, 0.05) is 24.5 Å². The van der Waals surface area contributed by atoms with Crippen LogP contribution in [0.5, 0.6) is 0 Å². The van der Waals surface area contributed by atoms with Crippen molar-refractivity contribution in [2.24, 2.45) is 10.9 Å². The second kappa shape index (κ2) is 9.38. The molecule has 6 heteroatoms. The molecule has 0 aromatic carbocycles. The SMILES string of the molecule is CCNC(=NCC1CC1)NCCc1ccc(I)s1.I. The van der Waals surface area contributed by atoms with E-state index in [0.717, 1.165) is 37.9 Å². The van der Waals surface area contributed by atoms with E-state index in [1.54, 1.807) is 0 Å². The number of guanidine groups is 1. The van der Waals surface area contributed by atoms with E-state index in [-0.39, 0.29) is 24.0 Å². The first kappa shape index (κ1) is 17.5. The van der Waals surface area contributed by atoms with E-state index >= 15 is 0 Å². The van der Waals surface area contributed by atoms with Crippen LogP contribution in [0, 0.1) is 8.80 Å². The maximum absolute atomic E-state index is 4.61. The number of hydrogen-bond donors (Lipinski definition) is 2. The van der Waals surface area contributed by atoms with Crippen molar-refractivity contribution in [1.82, 2.24) is 10.6 Å². The van der Waals surface area contributed by atoms with Gasteiger partial charge in [0.1, 0.15) is 0 Å². The van der Waals surface area contributed by atoms with Crippen molar-refractivity contribution in [3.63, 3.8) is 0 Å². The van der Waals surface area contributed by atoms with Gasteiger partial charge in [0.2, 0.25) is 0 Å². The third-order valence-corrected chi connectivity index (χ3v) is 4.80. The Bertz CT molecular complexity index is 402. The molecule has 1 aliphatic carbocycles. The van der Waals surface area contributed by atoms with E-state index in [1.165, 1.54) is 20.6 Å². The molecule has 19 heavy (non-hydrogen) atoms. The summed E-state index contributed by atoms with van der Waals surface area (Å²) in [6, 6.07) is 4.38. The van der Waals surface area contributed by atoms with E-state index in [1.807, 2.05) is 11.3 Å². The Morgan fingerprint density at radius 3 is 2.79 bits per heavy atom. The minimum atomic E-state index is 0. The largest absolute Gasteiger partial charge is 0.357 e. The summed E-state index contributed by atoms with van der Waals surface area (Å²) in [5, 5.41) is 6.70. The minimum Gasteiger partial charge on any atom is -0.357 e. The Morgan fingerprint density at radius 2 is 2.21 bits per heavy atom. The van der Waals surface area contributed by atoms with Crippen LogP contribution in [0.2, 0.25) is 0 Å². The van der Waals surface area contributed by atoms with Gasteiger partial charge in [-0.25, -0.2) is 0 Å². The number of rotatable bonds is 6. The standard InChI is InChI=1S/C13H20IN3S.HI/c1-2-15-13(17-9-10-3-4-10)16-8-7-11-5-6-12(14)18-11;/h5-6,10H,2-4,7-9H2,1H3,(H2,15,16,17);1H. The monoisotopic (exact) mass is 505 g/mol. The van der Waals surface area contributed by atoms with Crippen LogP contribution in [0.4, 0.5) is 0 Å². The zero-order chi connectivity index (χ0) is 12.8. The molecule has 3 nitrogen and oxygen atoms in total. The summed E-state index contributed by atoms with van der Waals surface area (Å²) < 4.78 is 1.36. The van der Waals surface area contributed by atoms with Crippen LogP contribution in [0.3, 0.4) is 0 Å². The number of aliphatic imine (C=N–C) groups is 1. The molecule has 1 saturated carbocycles. The molecule has 0 unspecified atom stereocenters. The molecular formula is C13H21I2N3S. The van der Waals surface area contributed by atoms with Gasteiger partial charge in [-0.05, 0) is 66.8 Å². The third kappa shape index (κ3) is 7.12. The Balaban J connectivity index is 0.00000180. The van der Waals surface area contributed by atoms with Crippen molar-refractivity contribution in [3.05, 3.63) is 19.9 Å². The molecule has 0 amide bonds. The molecular weight excluding hydrogens is 484 g/mol. The van der Waals surface area contributed by atoms with E-state index in [4.69, 9.17) is 0 Å². The number of nitrogens with zero attached hydrogens (tertiary/aromatic N) is 1. The number of thiophene rings is 1. The predicted octanol–water partition coefficient (Wildman–Crippen LogP) is 3.48. The van der Waals surface area contributed by atoms with Crippen molar-refractivity contribution in [2.45, 2.75) is 26.2 Å². The summed E-state index contributed by atoms with van der Waals surface area (Å²) >= 11 is 4.24. The van der Waals surface area contributed by atoms with Gasteiger partial charge in [0.15, 0.2) is 5.96 Å². The van der Waals surface area contributed by atoms with E-state index in [9.17, 15) is 0 Å². The van der Waals surface area contributed by atoms with Crippen LogP contribution in [-0.2, 0) is 6.42 Å². The van der Waals surface area contributed by atoms with Crippen molar-refractivity contribution in [1.29, 1.82) is 0 Å². The fourth-order valence-corrected chi connectivity index (χ4v) is 3.41. The summed E-state index contributed by atoms with van der Waals surface area (Å²) in [5.74, 6) is 1.81. The molecule has 1 aromatic heterocycles. The van der Waals surface area contributed by atoms with Crippen molar-refractivity contribution >= 4 is 63.9 Å². The fraction of sp³-hybridized carbons (Fsp3) is 0.615. The molecule has 0 spiro atoms. The molecule has 2 N–H and O–H groups in total. The lowest BCUT2D eigenvalue weighted by Gasteiger charge is -2.10. The van der Waals surface area contributed by atoms with Gasteiger partial charge in [0.25, 0.3) is 0 Å². The fourth-order valence-electron chi connectivity index (χ4n) is 1.65. The molecule has 0 aliphatic heterocycles. The lowest BCUT2D eigenvalue weighted by Crippen LogP contribution is -2.38. The highest BCUT2D eigenvalue weighted by atomic mass is 127. The molecule has 1 aliphatic rings. The molecule has 108 valence electrons. The van der Waals surface area contributed by atoms with Crippen LogP contribution >= 0.6 is 57.9 Å². The van der Waals surface area contributed by atoms with Gasteiger partial charge in [-0.2, -0.15) is 0 Å². The maximum Gasteiger partial charge on any atom is 0.191 e. The van der Waals surface area contributed by atoms with Gasteiger partial charge >= 0.3 is 0 Å². The van der Waals surface area contributed by atoms with Crippen LogP contribution in [-0.4, -0.2) is 25.6 Å². The Labute approximate surface area is 150 Å². The van der Waals surface area contributed by atoms with Crippen molar-refractivity contribution < 1.29 is 0 Å². The normalized spacial score (nSPS) is 14.9. The van der Waals surface area contributed by atoms with E-state index in [2.05, 4.69) is 57.3 Å². The molecule has 0 bridgehead atoms. The van der Waals surface area contributed by atoms with Crippen LogP contribution < -0.4 is 10.6 Å². The Hall–Kier alpha value is 0.430. The highest BCUT2D eigenvalue weighted by Gasteiger charge is 2.20. The molecule has 0 saturated heterocycles. The summed E-state index contributed by atoms with van der Waals surface area (Å²) in [7, 11) is 0. The Morgan fingerprint density at radius 1 is 1.42 bits per heavy atom. The zero-order valence-corrected chi connectivity index (χ0v) is 16.4. The minimum absolute atomic E-state index is 0. The van der Waals surface area contributed by atoms with Gasteiger partial charge in [-0.3, -0.25) is 4.99 Å². The first-order valence-electron chi connectivity index (χ1n) is 6.54. The van der Waals surface area contributed by atoms with Crippen LogP contribution in [0.1, 0.15) is 24.6 Å². The molecule has 0 atom stereocenters. The van der Waals surface area contributed by atoms with Crippen molar-refractivity contribution in [2.75, 3.05) is 19.6 Å². The molecule has 1 aromatic rings. The first-order valence-corrected chi connectivity index (χ1v) is 8.44. The summed E-state index contributed by atoms with van der Waals surface area (Å²) in [5.41, 5.74) is 0. The summed E-state index contributed by atoms with van der Waals surface area (Å²) in [4.78, 5) is 6.04. The number of halogens is 2. The van der Waals surface area contributed by atoms with E-state index < -0.39 is 0 Å². The number of nitrogens with one attached hydrogen (secondary N) is 2. The van der Waals surface area contributed by atoms with Gasteiger partial charge in [-0.1, -0.05) is 0 Å².